The van der Waals surface area contributed by atoms with Crippen molar-refractivity contribution < 1.29 is 18.0 Å². The minimum Gasteiger partial charge on any atom is -0.324 e. The van der Waals surface area contributed by atoms with Crippen molar-refractivity contribution in [3.8, 4) is 0 Å². The number of amides is 1. The Hall–Kier alpha value is -2.09. The van der Waals surface area contributed by atoms with Gasteiger partial charge in [0.05, 0.1) is 15.7 Å². The molecule has 2 aromatic rings. The van der Waals surface area contributed by atoms with Crippen LogP contribution in [0.3, 0.4) is 0 Å². The molecule has 8 heteroatoms. The second-order valence-electron chi connectivity index (χ2n) is 5.29. The van der Waals surface area contributed by atoms with E-state index in [1.807, 2.05) is 0 Å². The third kappa shape index (κ3) is 3.87. The Morgan fingerprint density at radius 2 is 1.92 bits per heavy atom. The van der Waals surface area contributed by atoms with Gasteiger partial charge in [0.25, 0.3) is 5.56 Å². The lowest BCUT2D eigenvalue weighted by Gasteiger charge is -2.18. The van der Waals surface area contributed by atoms with Crippen molar-refractivity contribution in [2.75, 3.05) is 5.32 Å². The molecule has 1 aromatic heterocycles. The van der Waals surface area contributed by atoms with E-state index in [0.29, 0.717) is 0 Å². The maximum atomic E-state index is 13.0. The van der Waals surface area contributed by atoms with Gasteiger partial charge in [0, 0.05) is 6.20 Å². The van der Waals surface area contributed by atoms with Gasteiger partial charge in [-0.1, -0.05) is 12.1 Å². The number of aryl methyl sites for hydroxylation is 1. The number of nitrogens with one attached hydrogen (secondary N) is 1. The zero-order chi connectivity index (χ0) is 18.1. The van der Waals surface area contributed by atoms with Crippen LogP contribution in [0, 0.1) is 6.92 Å². The Kier molecular flexibility index (Phi) is 5.17. The van der Waals surface area contributed by atoms with E-state index in [4.69, 9.17) is 0 Å². The Morgan fingerprint density at radius 3 is 2.54 bits per heavy atom. The molecular weight excluding hydrogens is 389 g/mol. The number of anilines is 1. The summed E-state index contributed by atoms with van der Waals surface area (Å²) in [5, 5.41) is 2.25. The molecule has 1 heterocycles. The highest BCUT2D eigenvalue weighted by atomic mass is 79.9. The van der Waals surface area contributed by atoms with Crippen molar-refractivity contribution >= 4 is 27.5 Å². The minimum atomic E-state index is -4.59. The number of benzene rings is 1. The fourth-order valence-corrected chi connectivity index (χ4v) is 2.76. The van der Waals surface area contributed by atoms with Crippen LogP contribution in [0.5, 0.6) is 0 Å². The zero-order valence-corrected chi connectivity index (χ0v) is 14.4. The molecule has 0 spiro atoms. The molecule has 0 radical (unpaired) electrons. The fourth-order valence-electron chi connectivity index (χ4n) is 2.19. The van der Waals surface area contributed by atoms with E-state index >= 15 is 0 Å². The zero-order valence-electron chi connectivity index (χ0n) is 12.8. The lowest BCUT2D eigenvalue weighted by atomic mass is 10.1. The summed E-state index contributed by atoms with van der Waals surface area (Å²) in [4.78, 5) is 24.4. The first-order valence-electron chi connectivity index (χ1n) is 6.96. The third-order valence-electron chi connectivity index (χ3n) is 3.42. The van der Waals surface area contributed by atoms with Crippen LogP contribution < -0.4 is 10.9 Å². The molecule has 0 bridgehead atoms. The predicted octanol–water partition coefficient (Wildman–Crippen LogP) is 4.14. The molecule has 1 atom stereocenters. The summed E-state index contributed by atoms with van der Waals surface area (Å²) in [5.41, 5.74) is -0.992. The summed E-state index contributed by atoms with van der Waals surface area (Å²) in [6.07, 6.45) is -3.11. The monoisotopic (exact) mass is 402 g/mol. The smallest absolute Gasteiger partial charge is 0.324 e. The van der Waals surface area contributed by atoms with Gasteiger partial charge >= 0.3 is 6.18 Å². The number of aromatic nitrogens is 1. The van der Waals surface area contributed by atoms with Crippen LogP contribution in [-0.2, 0) is 11.0 Å². The number of halogens is 4. The van der Waals surface area contributed by atoms with Crippen LogP contribution in [-0.4, -0.2) is 10.5 Å². The van der Waals surface area contributed by atoms with Crippen LogP contribution in [0.2, 0.25) is 0 Å². The Labute approximate surface area is 144 Å². The number of nitrogens with zero attached hydrogens (tertiary/aromatic N) is 1. The highest BCUT2D eigenvalue weighted by Crippen LogP contribution is 2.34. The van der Waals surface area contributed by atoms with E-state index in [2.05, 4.69) is 21.2 Å². The van der Waals surface area contributed by atoms with Crippen molar-refractivity contribution in [2.24, 2.45) is 0 Å². The first kappa shape index (κ1) is 18.3. The van der Waals surface area contributed by atoms with Gasteiger partial charge in [0.15, 0.2) is 0 Å². The highest BCUT2D eigenvalue weighted by Gasteiger charge is 2.34. The number of hydrogen-bond acceptors (Lipinski definition) is 2. The van der Waals surface area contributed by atoms with Crippen LogP contribution in [0.4, 0.5) is 18.9 Å². The molecule has 128 valence electrons. The SMILES string of the molecule is Cc1cc(Br)c(=O)n(C(C)C(=O)Nc2ccccc2C(F)(F)F)c1. The molecule has 24 heavy (non-hydrogen) atoms. The largest absolute Gasteiger partial charge is 0.418 e. The van der Waals surface area contributed by atoms with Crippen molar-refractivity contribution in [3.05, 3.63) is 62.5 Å². The number of para-hydroxylation sites is 1. The maximum Gasteiger partial charge on any atom is 0.418 e. The van der Waals surface area contributed by atoms with E-state index in [9.17, 15) is 22.8 Å². The second-order valence-corrected chi connectivity index (χ2v) is 6.14. The summed E-state index contributed by atoms with van der Waals surface area (Å²) >= 11 is 3.11. The van der Waals surface area contributed by atoms with E-state index in [0.717, 1.165) is 11.6 Å². The number of carbonyl (C=O) groups is 1. The first-order valence-corrected chi connectivity index (χ1v) is 7.76. The minimum absolute atomic E-state index is 0.276. The van der Waals surface area contributed by atoms with Crippen LogP contribution in [0.15, 0.2) is 45.8 Å². The molecule has 0 aliphatic carbocycles. The molecule has 0 saturated carbocycles. The number of hydrogen-bond donors (Lipinski definition) is 1. The third-order valence-corrected chi connectivity index (χ3v) is 3.99. The van der Waals surface area contributed by atoms with Gasteiger partial charge in [0.2, 0.25) is 5.91 Å². The predicted molar refractivity (Wildman–Crippen MR) is 87.9 cm³/mol. The summed E-state index contributed by atoms with van der Waals surface area (Å²) in [5.74, 6) is -0.716. The average molecular weight is 403 g/mol. The van der Waals surface area contributed by atoms with E-state index < -0.39 is 29.2 Å². The second kappa shape index (κ2) is 6.80. The number of rotatable bonds is 3. The fraction of sp³-hybridized carbons (Fsp3) is 0.250. The summed E-state index contributed by atoms with van der Waals surface area (Å²) in [7, 11) is 0. The van der Waals surface area contributed by atoms with Gasteiger partial charge in [-0.15, -0.1) is 0 Å². The van der Waals surface area contributed by atoms with Gasteiger partial charge in [-0.2, -0.15) is 13.2 Å². The molecule has 1 unspecified atom stereocenters. The summed E-state index contributed by atoms with van der Waals surface area (Å²) in [6, 6.07) is 5.31. The molecule has 4 nitrogen and oxygen atoms in total. The molecule has 1 amide bonds. The maximum absolute atomic E-state index is 13.0. The van der Waals surface area contributed by atoms with Crippen LogP contribution >= 0.6 is 15.9 Å². The topological polar surface area (TPSA) is 51.1 Å². The molecule has 0 fully saturated rings. The Balaban J connectivity index is 2.33. The molecular formula is C16H14BrF3N2O2. The quantitative estimate of drug-likeness (QED) is 0.838. The molecule has 0 saturated heterocycles. The number of pyridine rings is 1. The van der Waals surface area contributed by atoms with Gasteiger partial charge in [-0.25, -0.2) is 0 Å². The van der Waals surface area contributed by atoms with Crippen LogP contribution in [0.1, 0.15) is 24.1 Å². The molecule has 1 N–H and O–H groups in total. The lowest BCUT2D eigenvalue weighted by Crippen LogP contribution is -2.32. The molecule has 2 rings (SSSR count). The van der Waals surface area contributed by atoms with E-state index in [1.165, 1.54) is 35.9 Å². The average Bonchev–Trinajstić information content (AvgIpc) is 2.49. The standard InChI is InChI=1S/C16H14BrF3N2O2/c1-9-7-12(17)15(24)22(8-9)10(2)14(23)21-13-6-4-3-5-11(13)16(18,19)20/h3-8,10H,1-2H3,(H,21,23). The first-order chi connectivity index (χ1) is 11.1. The Bertz CT molecular complexity index is 831. The summed E-state index contributed by atoms with van der Waals surface area (Å²) in [6.45, 7) is 3.18. The van der Waals surface area contributed by atoms with Gasteiger partial charge in [0.1, 0.15) is 6.04 Å². The van der Waals surface area contributed by atoms with E-state index in [-0.39, 0.29) is 10.2 Å². The molecule has 0 aliphatic rings. The van der Waals surface area contributed by atoms with Crippen molar-refractivity contribution in [2.45, 2.75) is 26.1 Å². The van der Waals surface area contributed by atoms with Gasteiger partial charge < -0.3 is 9.88 Å². The van der Waals surface area contributed by atoms with Crippen molar-refractivity contribution in [1.82, 2.24) is 4.57 Å². The van der Waals surface area contributed by atoms with E-state index in [1.54, 1.807) is 13.0 Å². The normalized spacial score (nSPS) is 12.8. The summed E-state index contributed by atoms with van der Waals surface area (Å²) < 4.78 is 40.4. The highest BCUT2D eigenvalue weighted by molar-refractivity contribution is 9.10. The lowest BCUT2D eigenvalue weighted by molar-refractivity contribution is -0.137. The number of alkyl halides is 3. The number of carbonyl (C=O) groups excluding carboxylic acids is 1. The van der Waals surface area contributed by atoms with Gasteiger partial charge in [-0.3, -0.25) is 9.59 Å². The van der Waals surface area contributed by atoms with Crippen LogP contribution in [0.25, 0.3) is 0 Å². The van der Waals surface area contributed by atoms with Crippen molar-refractivity contribution in [1.29, 1.82) is 0 Å². The van der Waals surface area contributed by atoms with Crippen molar-refractivity contribution in [3.63, 3.8) is 0 Å². The van der Waals surface area contributed by atoms with Gasteiger partial charge in [-0.05, 0) is 53.5 Å². The molecule has 0 aliphatic heterocycles. The molecule has 1 aromatic carbocycles. The Morgan fingerprint density at radius 1 is 1.29 bits per heavy atom.